The molecule has 1 atom stereocenters. The second-order valence-electron chi connectivity index (χ2n) is 11.8. The van der Waals surface area contributed by atoms with Gasteiger partial charge in [-0.3, -0.25) is 0 Å². The smallest absolute Gasteiger partial charge is 0.185 e. The molecule has 6 heteroatoms. The highest BCUT2D eigenvalue weighted by Crippen LogP contribution is 2.47. The highest BCUT2D eigenvalue weighted by molar-refractivity contribution is 7.14. The van der Waals surface area contributed by atoms with Gasteiger partial charge in [0.25, 0.3) is 0 Å². The van der Waals surface area contributed by atoms with Crippen LogP contribution in [0.15, 0.2) is 23.6 Å². The van der Waals surface area contributed by atoms with Crippen LogP contribution in [0.25, 0.3) is 11.3 Å². The van der Waals surface area contributed by atoms with Crippen molar-refractivity contribution in [2.24, 2.45) is 0 Å². The Balaban J connectivity index is 1.21. The largest absolute Gasteiger partial charge is 0.376 e. The van der Waals surface area contributed by atoms with Crippen molar-refractivity contribution in [3.05, 3.63) is 34.7 Å². The van der Waals surface area contributed by atoms with Crippen molar-refractivity contribution in [3.8, 4) is 11.3 Å². The van der Waals surface area contributed by atoms with Crippen LogP contribution in [-0.2, 0) is 15.6 Å². The molecule has 0 spiro atoms. The van der Waals surface area contributed by atoms with Crippen molar-refractivity contribution in [2.75, 3.05) is 44.2 Å². The van der Waals surface area contributed by atoms with Crippen molar-refractivity contribution in [1.29, 1.82) is 0 Å². The predicted octanol–water partition coefficient (Wildman–Crippen LogP) is 5.10. The summed E-state index contributed by atoms with van der Waals surface area (Å²) in [4.78, 5) is 7.56. The maximum Gasteiger partial charge on any atom is 0.185 e. The van der Waals surface area contributed by atoms with E-state index >= 15 is 0 Å². The van der Waals surface area contributed by atoms with Crippen LogP contribution in [0.2, 0.25) is 0 Å². The SMILES string of the molecule is CC1(C)CCC(C)(C)c2cc(-c3csc(N4CCC(NCC5CNCCCO5)CC4)n3)ccc21. The van der Waals surface area contributed by atoms with E-state index in [4.69, 9.17) is 9.72 Å². The molecule has 2 saturated heterocycles. The molecule has 2 aliphatic heterocycles. The zero-order valence-electron chi connectivity index (χ0n) is 21.5. The average Bonchev–Trinajstić information content (AvgIpc) is 3.18. The molecule has 5 nitrogen and oxygen atoms in total. The van der Waals surface area contributed by atoms with E-state index in [1.165, 1.54) is 34.7 Å². The number of thiazole rings is 1. The Bertz CT molecular complexity index is 969. The zero-order valence-corrected chi connectivity index (χ0v) is 22.3. The lowest BCUT2D eigenvalue weighted by Gasteiger charge is -2.42. The quantitative estimate of drug-likeness (QED) is 0.621. The maximum absolute atomic E-state index is 5.94. The average molecular weight is 483 g/mol. The van der Waals surface area contributed by atoms with E-state index in [0.717, 1.165) is 64.3 Å². The van der Waals surface area contributed by atoms with E-state index in [1.54, 1.807) is 11.3 Å². The monoisotopic (exact) mass is 482 g/mol. The molecule has 1 unspecified atom stereocenters. The van der Waals surface area contributed by atoms with Crippen LogP contribution in [-0.4, -0.2) is 56.5 Å². The van der Waals surface area contributed by atoms with Gasteiger partial charge in [-0.1, -0.05) is 39.8 Å². The Kier molecular flexibility index (Phi) is 7.04. The number of anilines is 1. The summed E-state index contributed by atoms with van der Waals surface area (Å²) in [5.41, 5.74) is 5.90. The third-order valence-electron chi connectivity index (χ3n) is 8.26. The number of piperidine rings is 1. The molecule has 2 aromatic rings. The number of hydrogen-bond donors (Lipinski definition) is 2. The molecule has 34 heavy (non-hydrogen) atoms. The summed E-state index contributed by atoms with van der Waals surface area (Å²) < 4.78 is 5.94. The van der Waals surface area contributed by atoms with Crippen molar-refractivity contribution in [1.82, 2.24) is 15.6 Å². The summed E-state index contributed by atoms with van der Waals surface area (Å²) in [6.07, 6.45) is 6.24. The molecule has 5 rings (SSSR count). The highest BCUT2D eigenvalue weighted by Gasteiger charge is 2.37. The highest BCUT2D eigenvalue weighted by atomic mass is 32.1. The normalized spacial score (nSPS) is 25.1. The number of nitrogens with one attached hydrogen (secondary N) is 2. The van der Waals surface area contributed by atoms with E-state index in [-0.39, 0.29) is 10.8 Å². The topological polar surface area (TPSA) is 49.4 Å². The van der Waals surface area contributed by atoms with Crippen LogP contribution in [0.4, 0.5) is 5.13 Å². The standard InChI is InChI=1S/C28H42N4OS/c1-27(2)10-11-28(3,4)24-16-20(6-7-23(24)27)25-19-34-26(31-25)32-13-8-21(9-14-32)30-18-22-17-29-12-5-15-33-22/h6-7,16,19,21-22,29-30H,5,8-15,17-18H2,1-4H3. The van der Waals surface area contributed by atoms with Crippen LogP contribution < -0.4 is 15.5 Å². The van der Waals surface area contributed by atoms with Gasteiger partial charge in [0.2, 0.25) is 0 Å². The Morgan fingerprint density at radius 3 is 2.68 bits per heavy atom. The van der Waals surface area contributed by atoms with Crippen molar-refractivity contribution >= 4 is 16.5 Å². The van der Waals surface area contributed by atoms with Crippen LogP contribution in [0.1, 0.15) is 70.9 Å². The molecule has 2 fully saturated rings. The molecule has 0 bridgehead atoms. The minimum atomic E-state index is 0.229. The van der Waals surface area contributed by atoms with Gasteiger partial charge >= 0.3 is 0 Å². The molecule has 1 aromatic heterocycles. The lowest BCUT2D eigenvalue weighted by atomic mass is 9.63. The first kappa shape index (κ1) is 24.2. The Hall–Kier alpha value is -1.47. The number of hydrogen-bond acceptors (Lipinski definition) is 6. The molecular weight excluding hydrogens is 440 g/mol. The molecular formula is C28H42N4OS. The maximum atomic E-state index is 5.94. The molecule has 0 amide bonds. The second-order valence-corrected chi connectivity index (χ2v) is 12.6. The Morgan fingerprint density at radius 2 is 1.88 bits per heavy atom. The van der Waals surface area contributed by atoms with E-state index in [9.17, 15) is 0 Å². The van der Waals surface area contributed by atoms with Gasteiger partial charge in [-0.15, -0.1) is 11.3 Å². The fourth-order valence-electron chi connectivity index (χ4n) is 5.76. The Labute approximate surface area is 209 Å². The van der Waals surface area contributed by atoms with E-state index in [0.29, 0.717) is 12.1 Å². The predicted molar refractivity (Wildman–Crippen MR) is 143 cm³/mol. The molecule has 186 valence electrons. The molecule has 3 aliphatic rings. The number of fused-ring (bicyclic) bond motifs is 1. The van der Waals surface area contributed by atoms with Crippen molar-refractivity contribution < 1.29 is 4.74 Å². The molecule has 0 radical (unpaired) electrons. The van der Waals surface area contributed by atoms with Gasteiger partial charge in [-0.25, -0.2) is 4.98 Å². The molecule has 3 heterocycles. The fraction of sp³-hybridized carbons (Fsp3) is 0.679. The van der Waals surface area contributed by atoms with Crippen LogP contribution in [0, 0.1) is 0 Å². The fourth-order valence-corrected chi connectivity index (χ4v) is 6.65. The number of rotatable bonds is 5. The summed E-state index contributed by atoms with van der Waals surface area (Å²) in [7, 11) is 0. The van der Waals surface area contributed by atoms with Crippen LogP contribution in [0.3, 0.4) is 0 Å². The number of aromatic nitrogens is 1. The van der Waals surface area contributed by atoms with Gasteiger partial charge in [0.1, 0.15) is 0 Å². The van der Waals surface area contributed by atoms with Gasteiger partial charge in [0, 0.05) is 49.8 Å². The number of ether oxygens (including phenoxy) is 1. The first-order valence-corrected chi connectivity index (χ1v) is 14.1. The van der Waals surface area contributed by atoms with Crippen molar-refractivity contribution in [2.45, 2.75) is 82.8 Å². The summed E-state index contributed by atoms with van der Waals surface area (Å²) in [6.45, 7) is 15.6. The molecule has 1 aromatic carbocycles. The third kappa shape index (κ3) is 5.20. The number of benzene rings is 1. The van der Waals surface area contributed by atoms with Gasteiger partial charge in [-0.2, -0.15) is 0 Å². The Morgan fingerprint density at radius 1 is 1.12 bits per heavy atom. The molecule has 2 N–H and O–H groups in total. The lowest BCUT2D eigenvalue weighted by molar-refractivity contribution is 0.0642. The zero-order chi connectivity index (χ0) is 23.8. The summed E-state index contributed by atoms with van der Waals surface area (Å²) in [5.74, 6) is 0. The minimum Gasteiger partial charge on any atom is -0.376 e. The minimum absolute atomic E-state index is 0.229. The molecule has 1 aliphatic carbocycles. The van der Waals surface area contributed by atoms with Gasteiger partial charge < -0.3 is 20.3 Å². The molecule has 0 saturated carbocycles. The van der Waals surface area contributed by atoms with Crippen LogP contribution in [0.5, 0.6) is 0 Å². The second kappa shape index (κ2) is 9.88. The first-order valence-electron chi connectivity index (χ1n) is 13.2. The van der Waals surface area contributed by atoms with Gasteiger partial charge in [0.15, 0.2) is 5.13 Å². The van der Waals surface area contributed by atoms with Crippen LogP contribution >= 0.6 is 11.3 Å². The lowest BCUT2D eigenvalue weighted by Crippen LogP contribution is -2.46. The summed E-state index contributed by atoms with van der Waals surface area (Å²) in [6, 6.07) is 7.67. The summed E-state index contributed by atoms with van der Waals surface area (Å²) >= 11 is 1.79. The van der Waals surface area contributed by atoms with E-state index in [2.05, 4.69) is 66.8 Å². The van der Waals surface area contributed by atoms with Gasteiger partial charge in [-0.05, 0) is 66.7 Å². The van der Waals surface area contributed by atoms with Crippen molar-refractivity contribution in [3.63, 3.8) is 0 Å². The third-order valence-corrected chi connectivity index (χ3v) is 9.17. The van der Waals surface area contributed by atoms with E-state index < -0.39 is 0 Å². The van der Waals surface area contributed by atoms with E-state index in [1.807, 2.05) is 0 Å². The summed E-state index contributed by atoms with van der Waals surface area (Å²) in [5, 5.41) is 10.6. The van der Waals surface area contributed by atoms with Gasteiger partial charge in [0.05, 0.1) is 11.8 Å². The number of nitrogens with zero attached hydrogens (tertiary/aromatic N) is 2. The first-order chi connectivity index (χ1) is 16.3.